The molecular formula is C9H16F3N2S+. The Hall–Kier alpha value is -0.490. The van der Waals surface area contributed by atoms with Crippen LogP contribution in [0.15, 0.2) is 16.9 Å². The first kappa shape index (κ1) is 14.5. The van der Waals surface area contributed by atoms with Crippen LogP contribution in [-0.2, 0) is 0 Å². The standard InChI is InChI=1S/C7H9F3N2S.C2H6/c8-5(6(9)10)1-4-13-7-11-2-3-12-7;1-2/h1-4H2,(H,11,12);1-2H3/p+1. The maximum absolute atomic E-state index is 12.3. The highest BCUT2D eigenvalue weighted by atomic mass is 32.2. The molecule has 1 aliphatic heterocycles. The van der Waals surface area contributed by atoms with Gasteiger partial charge in [-0.2, -0.15) is 8.78 Å². The fourth-order valence-corrected chi connectivity index (χ4v) is 1.78. The molecule has 2 N–H and O–H groups in total. The highest BCUT2D eigenvalue weighted by molar-refractivity contribution is 8.13. The number of aliphatic imine (C=N–C) groups is 1. The van der Waals surface area contributed by atoms with Crippen molar-refractivity contribution in [3.63, 3.8) is 0 Å². The second kappa shape index (κ2) is 8.79. The zero-order valence-corrected chi connectivity index (χ0v) is 9.71. The van der Waals surface area contributed by atoms with Crippen LogP contribution in [0.4, 0.5) is 13.2 Å². The largest absolute Gasteiger partial charge is 0.301 e. The van der Waals surface area contributed by atoms with Gasteiger partial charge in [-0.05, 0) is 11.8 Å². The quantitative estimate of drug-likeness (QED) is 0.806. The minimum absolute atomic E-state index is 0.222. The summed E-state index contributed by atoms with van der Waals surface area (Å²) in [6, 6.07) is 0. The molecule has 0 atom stereocenters. The Kier molecular flexibility index (Phi) is 8.50. The summed E-state index contributed by atoms with van der Waals surface area (Å²) < 4.78 is 35.4. The molecule has 1 rings (SSSR count). The van der Waals surface area contributed by atoms with Crippen molar-refractivity contribution in [2.45, 2.75) is 20.3 Å². The minimum atomic E-state index is -2.21. The molecule has 0 aromatic carbocycles. The van der Waals surface area contributed by atoms with Crippen molar-refractivity contribution in [2.75, 3.05) is 18.8 Å². The SMILES string of the molecule is CC.FC(F)=C(F)CCSC1=NCC[NH2+]1. The first-order valence-corrected chi connectivity index (χ1v) is 5.89. The number of amidine groups is 1. The second-order valence-electron chi connectivity index (χ2n) is 2.48. The van der Waals surface area contributed by atoms with Crippen molar-refractivity contribution < 1.29 is 18.5 Å². The van der Waals surface area contributed by atoms with Gasteiger partial charge in [0.1, 0.15) is 6.54 Å². The Labute approximate surface area is 92.0 Å². The molecule has 0 aliphatic carbocycles. The van der Waals surface area contributed by atoms with E-state index in [9.17, 15) is 13.2 Å². The summed E-state index contributed by atoms with van der Waals surface area (Å²) in [5.74, 6) is -0.996. The van der Waals surface area contributed by atoms with Crippen LogP contribution in [0.25, 0.3) is 0 Å². The molecule has 1 heterocycles. The van der Waals surface area contributed by atoms with E-state index in [0.29, 0.717) is 5.75 Å². The van der Waals surface area contributed by atoms with Gasteiger partial charge in [-0.3, -0.25) is 5.32 Å². The van der Waals surface area contributed by atoms with E-state index in [4.69, 9.17) is 0 Å². The summed E-state index contributed by atoms with van der Waals surface area (Å²) in [6.07, 6.45) is -2.43. The second-order valence-corrected chi connectivity index (χ2v) is 3.59. The van der Waals surface area contributed by atoms with E-state index in [1.54, 1.807) is 0 Å². The molecule has 0 spiro atoms. The first-order valence-electron chi connectivity index (χ1n) is 4.90. The summed E-state index contributed by atoms with van der Waals surface area (Å²) in [6.45, 7) is 5.66. The lowest BCUT2D eigenvalue weighted by Gasteiger charge is -1.95. The third-order valence-electron chi connectivity index (χ3n) is 1.49. The van der Waals surface area contributed by atoms with E-state index in [1.165, 1.54) is 11.8 Å². The molecule has 1 aliphatic rings. The van der Waals surface area contributed by atoms with Crippen LogP contribution in [0.2, 0.25) is 0 Å². The number of rotatable bonds is 3. The third-order valence-corrected chi connectivity index (χ3v) is 2.49. The highest BCUT2D eigenvalue weighted by Gasteiger charge is 2.12. The molecule has 0 amide bonds. The summed E-state index contributed by atoms with van der Waals surface area (Å²) in [7, 11) is 0. The lowest BCUT2D eigenvalue weighted by molar-refractivity contribution is -0.522. The lowest BCUT2D eigenvalue weighted by atomic mass is 10.4. The Balaban J connectivity index is 0.000000921. The van der Waals surface area contributed by atoms with E-state index in [0.717, 1.165) is 18.3 Å². The highest BCUT2D eigenvalue weighted by Crippen LogP contribution is 2.16. The van der Waals surface area contributed by atoms with Gasteiger partial charge in [-0.25, -0.2) is 9.38 Å². The minimum Gasteiger partial charge on any atom is -0.290 e. The normalized spacial score (nSPS) is 14.1. The molecule has 0 bridgehead atoms. The van der Waals surface area contributed by atoms with Gasteiger partial charge in [0.05, 0.1) is 6.54 Å². The molecule has 0 radical (unpaired) electrons. The predicted octanol–water partition coefficient (Wildman–Crippen LogP) is 2.15. The molecule has 15 heavy (non-hydrogen) atoms. The average molecular weight is 241 g/mol. The van der Waals surface area contributed by atoms with Crippen LogP contribution in [0.1, 0.15) is 20.3 Å². The third kappa shape index (κ3) is 6.57. The molecule has 0 aromatic heterocycles. The van der Waals surface area contributed by atoms with E-state index in [2.05, 4.69) is 4.99 Å². The average Bonchev–Trinajstić information content (AvgIpc) is 2.73. The van der Waals surface area contributed by atoms with Crippen LogP contribution in [-0.4, -0.2) is 24.0 Å². The number of hydrogen-bond donors (Lipinski definition) is 1. The Morgan fingerprint density at radius 2 is 2.07 bits per heavy atom. The zero-order chi connectivity index (χ0) is 11.7. The number of nitrogens with zero attached hydrogens (tertiary/aromatic N) is 1. The molecule has 0 saturated carbocycles. The van der Waals surface area contributed by atoms with Crippen LogP contribution in [0.5, 0.6) is 0 Å². The number of quaternary nitrogens is 1. The summed E-state index contributed by atoms with van der Waals surface area (Å²) in [4.78, 5) is 4.08. The molecule has 2 nitrogen and oxygen atoms in total. The number of allylic oxidation sites excluding steroid dienone is 1. The Morgan fingerprint density at radius 3 is 2.53 bits per heavy atom. The van der Waals surface area contributed by atoms with Gasteiger partial charge in [0, 0.05) is 12.2 Å². The van der Waals surface area contributed by atoms with E-state index < -0.39 is 11.9 Å². The monoisotopic (exact) mass is 241 g/mol. The molecule has 0 fully saturated rings. The molecule has 0 unspecified atom stereocenters. The van der Waals surface area contributed by atoms with Gasteiger partial charge in [-0.1, -0.05) is 13.8 Å². The summed E-state index contributed by atoms with van der Waals surface area (Å²) in [5, 5.41) is 2.77. The maximum atomic E-state index is 12.3. The van der Waals surface area contributed by atoms with Gasteiger partial charge >= 0.3 is 6.08 Å². The van der Waals surface area contributed by atoms with Gasteiger partial charge < -0.3 is 0 Å². The first-order chi connectivity index (χ1) is 7.20. The fraction of sp³-hybridized carbons (Fsp3) is 0.667. The zero-order valence-electron chi connectivity index (χ0n) is 8.90. The van der Waals surface area contributed by atoms with E-state index in [-0.39, 0.29) is 6.42 Å². The number of hydrogen-bond acceptors (Lipinski definition) is 2. The molecular weight excluding hydrogens is 225 g/mol. The van der Waals surface area contributed by atoms with Gasteiger partial charge in [0.2, 0.25) is 0 Å². The van der Waals surface area contributed by atoms with Gasteiger partial charge in [-0.15, -0.1) is 0 Å². The van der Waals surface area contributed by atoms with E-state index in [1.807, 2.05) is 19.2 Å². The predicted molar refractivity (Wildman–Crippen MR) is 57.9 cm³/mol. The molecule has 0 saturated heterocycles. The van der Waals surface area contributed by atoms with E-state index >= 15 is 0 Å². The van der Waals surface area contributed by atoms with Crippen molar-refractivity contribution in [3.8, 4) is 0 Å². The smallest absolute Gasteiger partial charge is 0.290 e. The topological polar surface area (TPSA) is 29.0 Å². The Bertz CT molecular complexity index is 238. The van der Waals surface area contributed by atoms with Gasteiger partial charge in [0.15, 0.2) is 5.83 Å². The van der Waals surface area contributed by atoms with Crippen LogP contribution >= 0.6 is 11.8 Å². The van der Waals surface area contributed by atoms with Gasteiger partial charge in [0.25, 0.3) is 5.17 Å². The Morgan fingerprint density at radius 1 is 1.40 bits per heavy atom. The van der Waals surface area contributed by atoms with Crippen molar-refractivity contribution >= 4 is 16.9 Å². The van der Waals surface area contributed by atoms with Crippen molar-refractivity contribution in [1.29, 1.82) is 0 Å². The number of nitrogens with two attached hydrogens (primary N) is 1. The van der Waals surface area contributed by atoms with Crippen molar-refractivity contribution in [3.05, 3.63) is 11.9 Å². The lowest BCUT2D eigenvalue weighted by Crippen LogP contribution is -2.85. The van der Waals surface area contributed by atoms with Crippen LogP contribution in [0, 0.1) is 0 Å². The molecule has 6 heteroatoms. The number of halogens is 3. The fourth-order valence-electron chi connectivity index (χ4n) is 0.872. The van der Waals surface area contributed by atoms with Crippen molar-refractivity contribution in [2.24, 2.45) is 4.99 Å². The van der Waals surface area contributed by atoms with Crippen LogP contribution < -0.4 is 5.32 Å². The van der Waals surface area contributed by atoms with Crippen LogP contribution in [0.3, 0.4) is 0 Å². The van der Waals surface area contributed by atoms with Crippen molar-refractivity contribution in [1.82, 2.24) is 0 Å². The maximum Gasteiger partial charge on any atom is 0.301 e. The number of thioether (sulfide) groups is 1. The summed E-state index contributed by atoms with van der Waals surface area (Å²) in [5.41, 5.74) is 0. The summed E-state index contributed by atoms with van der Waals surface area (Å²) >= 11 is 1.32. The molecule has 0 aromatic rings. The molecule has 88 valence electrons.